The molecule has 132 valence electrons. The minimum Gasteiger partial charge on any atom is -0.368 e. The van der Waals surface area contributed by atoms with Gasteiger partial charge in [-0.05, 0) is 43.9 Å². The van der Waals surface area contributed by atoms with Crippen LogP contribution in [-0.2, 0) is 0 Å². The molecule has 0 radical (unpaired) electrons. The van der Waals surface area contributed by atoms with E-state index in [1.807, 2.05) is 31.2 Å². The molecule has 1 fully saturated rings. The van der Waals surface area contributed by atoms with Crippen molar-refractivity contribution in [2.75, 3.05) is 29.4 Å². The number of benzene rings is 1. The van der Waals surface area contributed by atoms with Gasteiger partial charge in [-0.1, -0.05) is 12.1 Å². The van der Waals surface area contributed by atoms with E-state index in [1.54, 1.807) is 15.6 Å². The molecule has 7 nitrogen and oxygen atoms in total. The van der Waals surface area contributed by atoms with E-state index in [-0.39, 0.29) is 11.7 Å². The van der Waals surface area contributed by atoms with Crippen molar-refractivity contribution in [3.8, 4) is 0 Å². The molecule has 0 N–H and O–H groups in total. The molecule has 0 spiro atoms. The third kappa shape index (κ3) is 2.51. The molecule has 2 aromatic heterocycles. The summed E-state index contributed by atoms with van der Waals surface area (Å²) in [5.41, 5.74) is 2.96. The van der Waals surface area contributed by atoms with E-state index in [9.17, 15) is 4.79 Å². The van der Waals surface area contributed by atoms with E-state index in [2.05, 4.69) is 26.0 Å². The summed E-state index contributed by atoms with van der Waals surface area (Å²) in [5, 5.41) is 4.38. The van der Waals surface area contributed by atoms with Crippen molar-refractivity contribution in [3.63, 3.8) is 0 Å². The van der Waals surface area contributed by atoms with Crippen LogP contribution in [0.15, 0.2) is 36.5 Å². The fourth-order valence-corrected chi connectivity index (χ4v) is 3.55. The average Bonchev–Trinajstić information content (AvgIpc) is 3.36. The maximum atomic E-state index is 13.1. The van der Waals surface area contributed by atoms with Crippen LogP contribution >= 0.6 is 0 Å². The second-order valence-electron chi connectivity index (χ2n) is 7.07. The van der Waals surface area contributed by atoms with Crippen molar-refractivity contribution in [2.45, 2.75) is 19.8 Å². The van der Waals surface area contributed by atoms with E-state index in [0.29, 0.717) is 12.3 Å². The first-order valence-corrected chi connectivity index (χ1v) is 9.05. The molecule has 0 bridgehead atoms. The lowest BCUT2D eigenvalue weighted by atomic mass is 10.1. The van der Waals surface area contributed by atoms with Crippen LogP contribution < -0.4 is 9.80 Å². The molecule has 1 aliphatic heterocycles. The summed E-state index contributed by atoms with van der Waals surface area (Å²) in [4.78, 5) is 25.9. The van der Waals surface area contributed by atoms with Crippen LogP contribution in [0.5, 0.6) is 0 Å². The predicted octanol–water partition coefficient (Wildman–Crippen LogP) is 2.31. The Balaban J connectivity index is 1.50. The zero-order valence-electron chi connectivity index (χ0n) is 14.7. The second kappa shape index (κ2) is 5.79. The summed E-state index contributed by atoms with van der Waals surface area (Å²) in [6, 6.07) is 9.96. The highest BCUT2D eigenvalue weighted by atomic mass is 16.2. The maximum Gasteiger partial charge on any atom is 0.298 e. The first-order valence-electron chi connectivity index (χ1n) is 9.05. The quantitative estimate of drug-likeness (QED) is 0.727. The van der Waals surface area contributed by atoms with Gasteiger partial charge in [-0.15, -0.1) is 5.10 Å². The number of aryl methyl sites for hydroxylation is 1. The van der Waals surface area contributed by atoms with E-state index in [4.69, 9.17) is 0 Å². The van der Waals surface area contributed by atoms with Crippen LogP contribution in [0.1, 0.15) is 29.2 Å². The first-order chi connectivity index (χ1) is 12.7. The van der Waals surface area contributed by atoms with Gasteiger partial charge in [0.25, 0.3) is 11.7 Å². The SMILES string of the molecule is Cc1ccnc2nc(C(=O)N3CCN(CC4CC4)c4ccccc43)nn12. The molecule has 1 saturated carbocycles. The van der Waals surface area contributed by atoms with Crippen LogP contribution in [0.3, 0.4) is 0 Å². The van der Waals surface area contributed by atoms with E-state index >= 15 is 0 Å². The Morgan fingerprint density at radius 3 is 2.73 bits per heavy atom. The lowest BCUT2D eigenvalue weighted by molar-refractivity contribution is 0.0977. The number of rotatable bonds is 3. The summed E-state index contributed by atoms with van der Waals surface area (Å²) >= 11 is 0. The van der Waals surface area contributed by atoms with Gasteiger partial charge in [0.15, 0.2) is 0 Å². The summed E-state index contributed by atoms with van der Waals surface area (Å²) in [7, 11) is 0. The van der Waals surface area contributed by atoms with E-state index in [1.165, 1.54) is 12.8 Å². The van der Waals surface area contributed by atoms with Gasteiger partial charge in [0.1, 0.15) is 0 Å². The molecule has 0 saturated heterocycles. The predicted molar refractivity (Wildman–Crippen MR) is 98.6 cm³/mol. The standard InChI is InChI=1S/C19H20N6O/c1-13-8-9-20-19-21-17(22-25(13)19)18(26)24-11-10-23(12-14-6-7-14)15-4-2-3-5-16(15)24/h2-5,8-9,14H,6-7,10-12H2,1H3. The molecule has 0 unspecified atom stereocenters. The molecule has 1 aromatic carbocycles. The third-order valence-electron chi connectivity index (χ3n) is 5.15. The van der Waals surface area contributed by atoms with Gasteiger partial charge in [-0.25, -0.2) is 9.50 Å². The summed E-state index contributed by atoms with van der Waals surface area (Å²) in [6.07, 6.45) is 4.32. The number of fused-ring (bicyclic) bond motifs is 2. The Morgan fingerprint density at radius 2 is 1.96 bits per heavy atom. The maximum absolute atomic E-state index is 13.1. The summed E-state index contributed by atoms with van der Waals surface area (Å²) in [6.45, 7) is 4.48. The van der Waals surface area contributed by atoms with Crippen LogP contribution in [0.25, 0.3) is 5.78 Å². The lowest BCUT2D eigenvalue weighted by Gasteiger charge is -2.37. The van der Waals surface area contributed by atoms with Gasteiger partial charge < -0.3 is 9.80 Å². The van der Waals surface area contributed by atoms with Crippen LogP contribution in [0, 0.1) is 12.8 Å². The molecule has 3 heterocycles. The highest BCUT2D eigenvalue weighted by Gasteiger charge is 2.32. The number of nitrogens with zero attached hydrogens (tertiary/aromatic N) is 6. The van der Waals surface area contributed by atoms with E-state index < -0.39 is 0 Å². The highest BCUT2D eigenvalue weighted by molar-refractivity contribution is 6.06. The largest absolute Gasteiger partial charge is 0.368 e. The Kier molecular flexibility index (Phi) is 3.41. The third-order valence-corrected chi connectivity index (χ3v) is 5.15. The Morgan fingerprint density at radius 1 is 1.15 bits per heavy atom. The van der Waals surface area contributed by atoms with Crippen molar-refractivity contribution in [1.82, 2.24) is 19.6 Å². The summed E-state index contributed by atoms with van der Waals surface area (Å²) < 4.78 is 1.61. The van der Waals surface area contributed by atoms with Gasteiger partial charge in [-0.3, -0.25) is 4.79 Å². The molecule has 0 atom stereocenters. The van der Waals surface area contributed by atoms with Crippen LogP contribution in [-0.4, -0.2) is 45.1 Å². The fraction of sp³-hybridized carbons (Fsp3) is 0.368. The molecule has 3 aromatic rings. The number of anilines is 2. The lowest BCUT2D eigenvalue weighted by Crippen LogP contribution is -2.45. The second-order valence-corrected chi connectivity index (χ2v) is 7.07. The van der Waals surface area contributed by atoms with Crippen LogP contribution in [0.2, 0.25) is 0 Å². The smallest absolute Gasteiger partial charge is 0.298 e. The van der Waals surface area contributed by atoms with Crippen molar-refractivity contribution in [2.24, 2.45) is 5.92 Å². The average molecular weight is 348 g/mol. The molecule has 5 rings (SSSR count). The zero-order chi connectivity index (χ0) is 17.7. The number of hydrogen-bond acceptors (Lipinski definition) is 5. The van der Waals surface area contributed by atoms with Gasteiger partial charge in [0.05, 0.1) is 11.4 Å². The number of aromatic nitrogens is 4. The van der Waals surface area contributed by atoms with Crippen molar-refractivity contribution >= 4 is 23.1 Å². The fourth-order valence-electron chi connectivity index (χ4n) is 3.55. The molecular weight excluding hydrogens is 328 g/mol. The molecule has 1 amide bonds. The number of hydrogen-bond donors (Lipinski definition) is 0. The van der Waals surface area contributed by atoms with Crippen molar-refractivity contribution < 1.29 is 4.79 Å². The highest BCUT2D eigenvalue weighted by Crippen LogP contribution is 2.37. The van der Waals surface area contributed by atoms with Gasteiger partial charge in [-0.2, -0.15) is 4.98 Å². The molecule has 2 aliphatic rings. The van der Waals surface area contributed by atoms with Gasteiger partial charge >= 0.3 is 0 Å². The first kappa shape index (κ1) is 15.3. The Bertz CT molecular complexity index is 993. The minimum atomic E-state index is -0.173. The number of para-hydroxylation sites is 2. The van der Waals surface area contributed by atoms with Crippen molar-refractivity contribution in [3.05, 3.63) is 48.0 Å². The zero-order valence-corrected chi connectivity index (χ0v) is 14.7. The summed E-state index contributed by atoms with van der Waals surface area (Å²) in [5.74, 6) is 1.28. The number of carbonyl (C=O) groups is 1. The number of amides is 1. The molecule has 26 heavy (non-hydrogen) atoms. The Labute approximate surface area is 151 Å². The molecular formula is C19H20N6O. The monoisotopic (exact) mass is 348 g/mol. The normalized spacial score (nSPS) is 16.8. The van der Waals surface area contributed by atoms with Gasteiger partial charge in [0.2, 0.25) is 5.82 Å². The topological polar surface area (TPSA) is 66.6 Å². The van der Waals surface area contributed by atoms with Crippen molar-refractivity contribution in [1.29, 1.82) is 0 Å². The van der Waals surface area contributed by atoms with E-state index in [0.717, 1.165) is 36.1 Å². The minimum absolute atomic E-state index is 0.173. The number of carbonyl (C=O) groups excluding carboxylic acids is 1. The molecule has 1 aliphatic carbocycles. The van der Waals surface area contributed by atoms with Crippen LogP contribution in [0.4, 0.5) is 11.4 Å². The Hall–Kier alpha value is -2.96. The van der Waals surface area contributed by atoms with Gasteiger partial charge in [0, 0.05) is 31.5 Å². The molecule has 7 heteroatoms.